The molecule has 2 unspecified atom stereocenters. The zero-order valence-corrected chi connectivity index (χ0v) is 17.0. The molecular weight excluding hydrogens is 387 g/mol. The number of benzene rings is 3. The van der Waals surface area contributed by atoms with Gasteiger partial charge in [0.15, 0.2) is 0 Å². The number of ether oxygens (including phenoxy) is 2. The SMILES string of the molecule is COc1cc(OC)cc(C(C)NC(c2ccc(F)cc2)c2cccc([N+](=O)[O-])c2)c1. The third-order valence-corrected chi connectivity index (χ3v) is 4.91. The fourth-order valence-electron chi connectivity index (χ4n) is 3.28. The van der Waals surface area contributed by atoms with Gasteiger partial charge in [-0.3, -0.25) is 15.4 Å². The third-order valence-electron chi connectivity index (χ3n) is 4.91. The second kappa shape index (κ2) is 9.37. The molecule has 0 spiro atoms. The van der Waals surface area contributed by atoms with Gasteiger partial charge in [0, 0.05) is 24.2 Å². The molecule has 7 heteroatoms. The number of hydrogen-bond acceptors (Lipinski definition) is 5. The van der Waals surface area contributed by atoms with Crippen LogP contribution in [-0.2, 0) is 0 Å². The molecule has 6 nitrogen and oxygen atoms in total. The first-order valence-corrected chi connectivity index (χ1v) is 9.40. The Kier molecular flexibility index (Phi) is 6.64. The Hall–Kier alpha value is -3.45. The van der Waals surface area contributed by atoms with Gasteiger partial charge in [-0.25, -0.2) is 4.39 Å². The molecular formula is C23H23FN2O4. The number of nitro groups is 1. The maximum Gasteiger partial charge on any atom is 0.269 e. The van der Waals surface area contributed by atoms with Crippen molar-refractivity contribution in [2.45, 2.75) is 19.0 Å². The van der Waals surface area contributed by atoms with Crippen molar-refractivity contribution in [1.29, 1.82) is 0 Å². The van der Waals surface area contributed by atoms with Gasteiger partial charge < -0.3 is 9.47 Å². The molecule has 156 valence electrons. The summed E-state index contributed by atoms with van der Waals surface area (Å²) in [7, 11) is 3.17. The Labute approximate surface area is 174 Å². The van der Waals surface area contributed by atoms with Gasteiger partial charge >= 0.3 is 0 Å². The molecule has 3 aromatic rings. The van der Waals surface area contributed by atoms with E-state index in [1.54, 1.807) is 38.5 Å². The minimum Gasteiger partial charge on any atom is -0.497 e. The maximum absolute atomic E-state index is 13.5. The van der Waals surface area contributed by atoms with Gasteiger partial charge in [0.2, 0.25) is 0 Å². The lowest BCUT2D eigenvalue weighted by Crippen LogP contribution is -2.26. The highest BCUT2D eigenvalue weighted by Crippen LogP contribution is 2.31. The predicted molar refractivity (Wildman–Crippen MR) is 112 cm³/mol. The number of halogens is 1. The summed E-state index contributed by atoms with van der Waals surface area (Å²) in [4.78, 5) is 10.8. The van der Waals surface area contributed by atoms with Crippen molar-refractivity contribution in [2.24, 2.45) is 0 Å². The van der Waals surface area contributed by atoms with Crippen molar-refractivity contribution in [1.82, 2.24) is 5.32 Å². The summed E-state index contributed by atoms with van der Waals surface area (Å²) in [5, 5.41) is 14.7. The van der Waals surface area contributed by atoms with Crippen LogP contribution in [0.25, 0.3) is 0 Å². The van der Waals surface area contributed by atoms with Crippen molar-refractivity contribution in [3.63, 3.8) is 0 Å². The molecule has 3 aromatic carbocycles. The second-order valence-electron chi connectivity index (χ2n) is 6.87. The second-order valence-corrected chi connectivity index (χ2v) is 6.87. The van der Waals surface area contributed by atoms with Crippen LogP contribution in [0.5, 0.6) is 11.5 Å². The first kappa shape index (κ1) is 21.3. The van der Waals surface area contributed by atoms with Crippen LogP contribution in [0.4, 0.5) is 10.1 Å². The van der Waals surface area contributed by atoms with Crippen molar-refractivity contribution >= 4 is 5.69 Å². The van der Waals surface area contributed by atoms with Gasteiger partial charge in [-0.05, 0) is 47.9 Å². The molecule has 0 aliphatic carbocycles. The molecule has 0 heterocycles. The van der Waals surface area contributed by atoms with Crippen LogP contribution < -0.4 is 14.8 Å². The van der Waals surface area contributed by atoms with E-state index in [2.05, 4.69) is 5.32 Å². The molecule has 0 aromatic heterocycles. The average Bonchev–Trinajstić information content (AvgIpc) is 2.77. The third kappa shape index (κ3) is 4.93. The zero-order chi connectivity index (χ0) is 21.7. The molecule has 0 saturated heterocycles. The van der Waals surface area contributed by atoms with Crippen LogP contribution >= 0.6 is 0 Å². The first-order valence-electron chi connectivity index (χ1n) is 9.40. The number of methoxy groups -OCH3 is 2. The van der Waals surface area contributed by atoms with Gasteiger partial charge in [-0.1, -0.05) is 24.3 Å². The van der Waals surface area contributed by atoms with Crippen molar-refractivity contribution in [3.05, 3.63) is 99.4 Å². The van der Waals surface area contributed by atoms with Gasteiger partial charge in [0.05, 0.1) is 25.2 Å². The van der Waals surface area contributed by atoms with Crippen LogP contribution in [0.15, 0.2) is 66.7 Å². The van der Waals surface area contributed by atoms with Crippen molar-refractivity contribution < 1.29 is 18.8 Å². The number of non-ortho nitro benzene ring substituents is 1. The fourth-order valence-corrected chi connectivity index (χ4v) is 3.28. The topological polar surface area (TPSA) is 73.6 Å². The summed E-state index contributed by atoms with van der Waals surface area (Å²) in [5.74, 6) is 0.973. The van der Waals surface area contributed by atoms with E-state index in [0.717, 1.165) is 11.1 Å². The van der Waals surface area contributed by atoms with Crippen LogP contribution in [0.1, 0.15) is 35.7 Å². The monoisotopic (exact) mass is 410 g/mol. The van der Waals surface area contributed by atoms with E-state index in [1.807, 2.05) is 25.1 Å². The van der Waals surface area contributed by atoms with Crippen LogP contribution in [0.3, 0.4) is 0 Å². The Balaban J connectivity index is 2.00. The lowest BCUT2D eigenvalue weighted by Gasteiger charge is -2.25. The lowest BCUT2D eigenvalue weighted by atomic mass is 9.96. The number of nitrogens with one attached hydrogen (secondary N) is 1. The van der Waals surface area contributed by atoms with Crippen molar-refractivity contribution in [3.8, 4) is 11.5 Å². The van der Waals surface area contributed by atoms with Crippen LogP contribution in [0.2, 0.25) is 0 Å². The number of nitrogens with zero attached hydrogens (tertiary/aromatic N) is 1. The van der Waals surface area contributed by atoms with E-state index in [-0.39, 0.29) is 17.5 Å². The number of rotatable bonds is 8. The molecule has 0 radical (unpaired) electrons. The summed E-state index contributed by atoms with van der Waals surface area (Å²) in [6, 6.07) is 17.6. The van der Waals surface area contributed by atoms with Gasteiger partial charge in [0.25, 0.3) is 5.69 Å². The highest BCUT2D eigenvalue weighted by molar-refractivity contribution is 5.42. The smallest absolute Gasteiger partial charge is 0.269 e. The van der Waals surface area contributed by atoms with Gasteiger partial charge in [-0.2, -0.15) is 0 Å². The van der Waals surface area contributed by atoms with E-state index >= 15 is 0 Å². The van der Waals surface area contributed by atoms with Gasteiger partial charge in [-0.15, -0.1) is 0 Å². The molecule has 2 atom stereocenters. The largest absolute Gasteiger partial charge is 0.497 e. The van der Waals surface area contributed by atoms with E-state index < -0.39 is 11.0 Å². The highest BCUT2D eigenvalue weighted by atomic mass is 19.1. The quantitative estimate of drug-likeness (QED) is 0.409. The summed E-state index contributed by atoms with van der Waals surface area (Å²) in [5.41, 5.74) is 2.41. The predicted octanol–water partition coefficient (Wildman–Crippen LogP) is 5.19. The standard InChI is InChI=1S/C23H23FN2O4/c1-15(18-12-21(29-2)14-22(13-18)30-3)25-23(16-7-9-19(24)10-8-16)17-5-4-6-20(11-17)26(27)28/h4-15,23,25H,1-3H3. The van der Waals surface area contributed by atoms with E-state index in [4.69, 9.17) is 9.47 Å². The Morgan fingerprint density at radius 1 is 0.900 bits per heavy atom. The first-order chi connectivity index (χ1) is 14.4. The lowest BCUT2D eigenvalue weighted by molar-refractivity contribution is -0.384. The fraction of sp³-hybridized carbons (Fsp3) is 0.217. The van der Waals surface area contributed by atoms with Crippen LogP contribution in [0, 0.1) is 15.9 Å². The normalized spacial score (nSPS) is 12.8. The average molecular weight is 410 g/mol. The van der Waals surface area contributed by atoms with E-state index in [0.29, 0.717) is 17.1 Å². The number of hydrogen-bond donors (Lipinski definition) is 1. The minimum atomic E-state index is -0.429. The van der Waals surface area contributed by atoms with E-state index in [1.165, 1.54) is 24.3 Å². The van der Waals surface area contributed by atoms with Crippen molar-refractivity contribution in [2.75, 3.05) is 14.2 Å². The molecule has 0 aliphatic heterocycles. The Morgan fingerprint density at radius 2 is 1.53 bits per heavy atom. The summed E-state index contributed by atoms with van der Waals surface area (Å²) in [6.07, 6.45) is 0. The molecule has 0 saturated carbocycles. The molecule has 0 fully saturated rings. The summed E-state index contributed by atoms with van der Waals surface area (Å²) in [6.45, 7) is 1.97. The number of nitro benzene ring substituents is 1. The Bertz CT molecular complexity index is 1000. The molecule has 1 N–H and O–H groups in total. The van der Waals surface area contributed by atoms with Gasteiger partial charge in [0.1, 0.15) is 17.3 Å². The summed E-state index contributed by atoms with van der Waals surface area (Å²) < 4.78 is 24.2. The molecule has 0 aliphatic rings. The zero-order valence-electron chi connectivity index (χ0n) is 17.0. The maximum atomic E-state index is 13.5. The Morgan fingerprint density at radius 3 is 2.10 bits per heavy atom. The minimum absolute atomic E-state index is 0.00267. The molecule has 0 amide bonds. The molecule has 30 heavy (non-hydrogen) atoms. The van der Waals surface area contributed by atoms with Crippen LogP contribution in [-0.4, -0.2) is 19.1 Å². The molecule has 0 bridgehead atoms. The van der Waals surface area contributed by atoms with E-state index in [9.17, 15) is 14.5 Å². The highest BCUT2D eigenvalue weighted by Gasteiger charge is 2.20. The summed E-state index contributed by atoms with van der Waals surface area (Å²) >= 11 is 0. The molecule has 3 rings (SSSR count).